The van der Waals surface area contributed by atoms with E-state index >= 15 is 0 Å². The van der Waals surface area contributed by atoms with Crippen molar-refractivity contribution in [3.05, 3.63) is 65.7 Å². The van der Waals surface area contributed by atoms with Crippen LogP contribution in [0.3, 0.4) is 0 Å². The van der Waals surface area contributed by atoms with E-state index in [4.69, 9.17) is 9.47 Å². The molecule has 2 aliphatic rings. The van der Waals surface area contributed by atoms with Gasteiger partial charge in [-0.1, -0.05) is 42.5 Å². The first-order valence-corrected chi connectivity index (χ1v) is 12.0. The molecule has 4 atom stereocenters. The van der Waals surface area contributed by atoms with Gasteiger partial charge in [0, 0.05) is 12.8 Å². The van der Waals surface area contributed by atoms with Crippen molar-refractivity contribution in [1.82, 2.24) is 16.0 Å². The zero-order valence-corrected chi connectivity index (χ0v) is 20.4. The van der Waals surface area contributed by atoms with Gasteiger partial charge in [-0.05, 0) is 43.0 Å². The Labute approximate surface area is 209 Å². The molecule has 190 valence electrons. The fourth-order valence-corrected chi connectivity index (χ4v) is 4.24. The molecule has 0 unspecified atom stereocenters. The van der Waals surface area contributed by atoms with Crippen LogP contribution in [0.5, 0.6) is 5.75 Å². The second kappa shape index (κ2) is 10.9. The van der Waals surface area contributed by atoms with E-state index in [9.17, 15) is 19.2 Å². The first kappa shape index (κ1) is 25.4. The quantitative estimate of drug-likeness (QED) is 0.402. The maximum absolute atomic E-state index is 13.5. The molecule has 2 aromatic carbocycles. The van der Waals surface area contributed by atoms with Gasteiger partial charge in [-0.15, -0.1) is 0 Å². The van der Waals surface area contributed by atoms with Crippen LogP contribution in [0.4, 0.5) is 0 Å². The molecule has 2 aromatic rings. The van der Waals surface area contributed by atoms with Crippen molar-refractivity contribution in [2.24, 2.45) is 0 Å². The summed E-state index contributed by atoms with van der Waals surface area (Å²) in [5.74, 6) is -0.654. The van der Waals surface area contributed by atoms with E-state index in [1.807, 2.05) is 42.5 Å². The Bertz CT molecular complexity index is 1110. The molecule has 2 saturated heterocycles. The van der Waals surface area contributed by atoms with Crippen LogP contribution in [-0.2, 0) is 36.8 Å². The first-order chi connectivity index (χ1) is 17.3. The van der Waals surface area contributed by atoms with Crippen molar-refractivity contribution in [3.63, 3.8) is 0 Å². The Morgan fingerprint density at radius 3 is 2.25 bits per heavy atom. The molecule has 4 rings (SSSR count). The molecule has 9 nitrogen and oxygen atoms in total. The maximum atomic E-state index is 13.5. The molecular formula is C27H31N3O6. The van der Waals surface area contributed by atoms with Gasteiger partial charge in [0.1, 0.15) is 23.4 Å². The molecule has 2 aliphatic heterocycles. The van der Waals surface area contributed by atoms with Gasteiger partial charge in [-0.2, -0.15) is 0 Å². The van der Waals surface area contributed by atoms with Crippen LogP contribution in [0.25, 0.3) is 0 Å². The van der Waals surface area contributed by atoms with Crippen molar-refractivity contribution in [1.29, 1.82) is 0 Å². The number of rotatable bonds is 11. The van der Waals surface area contributed by atoms with Crippen molar-refractivity contribution >= 4 is 23.5 Å². The number of epoxide rings is 1. The number of ketones is 1. The molecule has 9 heteroatoms. The third kappa shape index (κ3) is 6.28. The van der Waals surface area contributed by atoms with Gasteiger partial charge in [-0.25, -0.2) is 0 Å². The minimum atomic E-state index is -0.956. The van der Waals surface area contributed by atoms with Gasteiger partial charge >= 0.3 is 0 Å². The number of Topliss-reactive ketones (excluding diaryl/α,β-unsaturated/α-hetero) is 1. The Kier molecular flexibility index (Phi) is 7.69. The summed E-state index contributed by atoms with van der Waals surface area (Å²) in [5.41, 5.74) is 0.773. The maximum Gasteiger partial charge on any atom is 0.243 e. The summed E-state index contributed by atoms with van der Waals surface area (Å²) in [6.45, 7) is 2.01. The highest BCUT2D eigenvalue weighted by Gasteiger charge is 2.50. The minimum absolute atomic E-state index is 0.197. The predicted octanol–water partition coefficient (Wildman–Crippen LogP) is 1.09. The molecule has 0 aromatic heterocycles. The van der Waals surface area contributed by atoms with Crippen molar-refractivity contribution < 1.29 is 28.7 Å². The van der Waals surface area contributed by atoms with Crippen LogP contribution in [0, 0.1) is 0 Å². The standard InChI is InChI=1S/C27H31N3O6/c1-27(16-36-27)24(32)21(14-17-6-4-3-5-7-17)29-26(34)22(15-18-8-10-19(35-2)11-9-18)30-25(33)20-12-13-23(31)28-20/h3-11,20-22H,12-16H2,1-2H3,(H,28,31)(H,29,34)(H,30,33)/t20-,21+,22+,27-/m1/s1. The zero-order valence-electron chi connectivity index (χ0n) is 20.4. The summed E-state index contributed by atoms with van der Waals surface area (Å²) in [5, 5.41) is 8.27. The second-order valence-electron chi connectivity index (χ2n) is 9.41. The summed E-state index contributed by atoms with van der Waals surface area (Å²) in [6.07, 6.45) is 1.13. The summed E-state index contributed by atoms with van der Waals surface area (Å²) in [7, 11) is 1.56. The van der Waals surface area contributed by atoms with Crippen LogP contribution in [0.2, 0.25) is 0 Å². The van der Waals surface area contributed by atoms with Crippen LogP contribution >= 0.6 is 0 Å². The number of carbonyl (C=O) groups is 4. The molecule has 36 heavy (non-hydrogen) atoms. The molecule has 0 radical (unpaired) electrons. The van der Waals surface area contributed by atoms with Gasteiger partial charge < -0.3 is 25.4 Å². The van der Waals surface area contributed by atoms with Crippen LogP contribution < -0.4 is 20.7 Å². The minimum Gasteiger partial charge on any atom is -0.497 e. The Morgan fingerprint density at radius 1 is 1.03 bits per heavy atom. The fraction of sp³-hybridized carbons (Fsp3) is 0.407. The van der Waals surface area contributed by atoms with E-state index in [1.54, 1.807) is 26.2 Å². The van der Waals surface area contributed by atoms with Crippen LogP contribution in [0.15, 0.2) is 54.6 Å². The highest BCUT2D eigenvalue weighted by atomic mass is 16.6. The van der Waals surface area contributed by atoms with E-state index in [0.29, 0.717) is 25.2 Å². The van der Waals surface area contributed by atoms with Crippen molar-refractivity contribution in [2.75, 3.05) is 13.7 Å². The molecule has 2 heterocycles. The molecule has 0 bridgehead atoms. The molecule has 0 spiro atoms. The van der Waals surface area contributed by atoms with E-state index < -0.39 is 35.5 Å². The number of nitrogens with one attached hydrogen (secondary N) is 3. The lowest BCUT2D eigenvalue weighted by atomic mass is 9.94. The van der Waals surface area contributed by atoms with Gasteiger partial charge in [0.15, 0.2) is 5.78 Å². The number of hydrogen-bond donors (Lipinski definition) is 3. The topological polar surface area (TPSA) is 126 Å². The molecule has 2 fully saturated rings. The van der Waals surface area contributed by atoms with Gasteiger partial charge in [0.25, 0.3) is 0 Å². The number of carbonyl (C=O) groups excluding carboxylic acids is 4. The largest absolute Gasteiger partial charge is 0.497 e. The SMILES string of the molecule is COc1ccc(C[C@H](NC(=O)[C@H]2CCC(=O)N2)C(=O)N[C@@H](Cc2ccccc2)C(=O)[C@@]2(C)CO2)cc1. The smallest absolute Gasteiger partial charge is 0.243 e. The van der Waals surface area contributed by atoms with Gasteiger partial charge in [0.05, 0.1) is 19.8 Å². The summed E-state index contributed by atoms with van der Waals surface area (Å²) in [4.78, 5) is 51.2. The number of hydrogen-bond acceptors (Lipinski definition) is 6. The summed E-state index contributed by atoms with van der Waals surface area (Å²) >= 11 is 0. The van der Waals surface area contributed by atoms with E-state index in [0.717, 1.165) is 11.1 Å². The van der Waals surface area contributed by atoms with Gasteiger partial charge in [0.2, 0.25) is 17.7 Å². The van der Waals surface area contributed by atoms with E-state index in [1.165, 1.54) is 0 Å². The second-order valence-corrected chi connectivity index (χ2v) is 9.41. The van der Waals surface area contributed by atoms with E-state index in [-0.39, 0.29) is 24.5 Å². The monoisotopic (exact) mass is 493 g/mol. The third-order valence-electron chi connectivity index (χ3n) is 6.56. The highest BCUT2D eigenvalue weighted by molar-refractivity contribution is 5.99. The number of amides is 3. The predicted molar refractivity (Wildman–Crippen MR) is 131 cm³/mol. The van der Waals surface area contributed by atoms with Gasteiger partial charge in [-0.3, -0.25) is 19.2 Å². The molecule has 0 saturated carbocycles. The molecule has 3 amide bonds. The van der Waals surface area contributed by atoms with Crippen molar-refractivity contribution in [3.8, 4) is 5.75 Å². The average Bonchev–Trinajstić information content (AvgIpc) is 3.49. The highest BCUT2D eigenvalue weighted by Crippen LogP contribution is 2.29. The zero-order chi connectivity index (χ0) is 25.7. The Hall–Kier alpha value is -3.72. The normalized spacial score (nSPS) is 22.2. The summed E-state index contributed by atoms with van der Waals surface area (Å²) < 4.78 is 10.6. The number of methoxy groups -OCH3 is 1. The lowest BCUT2D eigenvalue weighted by molar-refractivity contribution is -0.133. The number of benzene rings is 2. The first-order valence-electron chi connectivity index (χ1n) is 12.0. The fourth-order valence-electron chi connectivity index (χ4n) is 4.24. The lowest BCUT2D eigenvalue weighted by Crippen LogP contribution is -2.56. The number of ether oxygens (including phenoxy) is 2. The average molecular weight is 494 g/mol. The Morgan fingerprint density at radius 2 is 1.67 bits per heavy atom. The van der Waals surface area contributed by atoms with Crippen LogP contribution in [-0.4, -0.2) is 60.9 Å². The summed E-state index contributed by atoms with van der Waals surface area (Å²) in [6, 6.07) is 14.1. The molecule has 0 aliphatic carbocycles. The molecule has 3 N–H and O–H groups in total. The molecular weight excluding hydrogens is 462 g/mol. The Balaban J connectivity index is 1.53. The van der Waals surface area contributed by atoms with E-state index in [2.05, 4.69) is 16.0 Å². The van der Waals surface area contributed by atoms with Crippen molar-refractivity contribution in [2.45, 2.75) is 56.3 Å². The van der Waals surface area contributed by atoms with Crippen LogP contribution in [0.1, 0.15) is 30.9 Å². The third-order valence-corrected chi connectivity index (χ3v) is 6.56. The lowest BCUT2D eigenvalue weighted by Gasteiger charge is -2.25.